The van der Waals surface area contributed by atoms with E-state index >= 15 is 0 Å². The second-order valence-corrected chi connectivity index (χ2v) is 9.28. The zero-order valence-corrected chi connectivity index (χ0v) is 19.5. The Morgan fingerprint density at radius 2 is 0.867 bits per heavy atom. The molecule has 0 aliphatic heterocycles. The van der Waals surface area contributed by atoms with Gasteiger partial charge in [0, 0.05) is 24.4 Å². The molecule has 30 heavy (non-hydrogen) atoms. The average molecular weight is 497 g/mol. The summed E-state index contributed by atoms with van der Waals surface area (Å²) >= 11 is 8.41. The van der Waals surface area contributed by atoms with Gasteiger partial charge in [-0.05, 0) is 38.1 Å². The molecule has 10 N–H and O–H groups in total. The molecule has 14 heteroatoms. The summed E-state index contributed by atoms with van der Waals surface area (Å²) in [5.74, 6) is 0. The highest BCUT2D eigenvalue weighted by Crippen LogP contribution is 2.09. The van der Waals surface area contributed by atoms with Crippen LogP contribution in [0.5, 0.6) is 0 Å². The first-order chi connectivity index (χ1) is 13.5. The molecular weight excluding hydrogens is 472 g/mol. The largest absolute Gasteiger partial charge is 0.744 e. The molecule has 0 aromatic heterocycles. The predicted octanol–water partition coefficient (Wildman–Crippen LogP) is -1.26. The normalized spacial score (nSPS) is 10.1. The van der Waals surface area contributed by atoms with E-state index in [0.717, 1.165) is 11.1 Å². The Hall–Kier alpha value is -2.04. The van der Waals surface area contributed by atoms with Gasteiger partial charge in [-0.3, -0.25) is 0 Å². The van der Waals surface area contributed by atoms with E-state index in [1.807, 2.05) is 13.8 Å². The molecule has 2 aromatic carbocycles. The summed E-state index contributed by atoms with van der Waals surface area (Å²) in [6, 6.07) is 11.6. The van der Waals surface area contributed by atoms with Crippen molar-refractivity contribution in [2.75, 3.05) is 0 Å². The van der Waals surface area contributed by atoms with Crippen molar-refractivity contribution in [1.29, 1.82) is 0 Å². The Balaban J connectivity index is 0. The molecule has 0 saturated carbocycles. The third-order valence-corrected chi connectivity index (χ3v) is 4.32. The minimum atomic E-state index is -4.27. The van der Waals surface area contributed by atoms with Gasteiger partial charge in [-0.1, -0.05) is 35.4 Å². The summed E-state index contributed by atoms with van der Waals surface area (Å²) < 4.78 is 62.3. The average Bonchev–Trinajstić information content (AvgIpc) is 2.53. The smallest absolute Gasteiger partial charge is 0.262 e. The topological polar surface area (TPSA) is 222 Å². The summed E-state index contributed by atoms with van der Waals surface area (Å²) in [4.78, 5) is -0.355. The second kappa shape index (κ2) is 14.1. The Morgan fingerprint density at radius 1 is 0.700 bits per heavy atom. The van der Waals surface area contributed by atoms with Crippen LogP contribution < -0.4 is 22.9 Å². The number of aryl methyl sites for hydroxylation is 2. The Morgan fingerprint density at radius 3 is 1.00 bits per heavy atom. The molecule has 0 spiro atoms. The van der Waals surface area contributed by atoms with Crippen LogP contribution in [0.15, 0.2) is 58.3 Å². The van der Waals surface area contributed by atoms with Crippen LogP contribution in [-0.4, -0.2) is 36.2 Å². The third-order valence-electron chi connectivity index (χ3n) is 2.62. The summed E-state index contributed by atoms with van der Waals surface area (Å²) in [6.07, 6.45) is 0. The van der Waals surface area contributed by atoms with Gasteiger partial charge in [0.05, 0.1) is 9.79 Å². The van der Waals surface area contributed by atoms with E-state index in [1.165, 1.54) is 24.3 Å². The minimum Gasteiger partial charge on any atom is -0.744 e. The number of thiocarbonyl (C=S) groups is 2. The summed E-state index contributed by atoms with van der Waals surface area (Å²) in [6.45, 7) is 3.64. The zero-order chi connectivity index (χ0) is 24.1. The first kappa shape index (κ1) is 30.2. The second-order valence-electron chi connectivity index (χ2n) is 5.47. The first-order valence-electron chi connectivity index (χ1n) is 7.74. The maximum Gasteiger partial charge on any atom is 0.262 e. The lowest BCUT2D eigenvalue weighted by Crippen LogP contribution is -2.60. The number of quaternary nitrogens is 2. The van der Waals surface area contributed by atoms with E-state index in [0.29, 0.717) is 0 Å². The van der Waals surface area contributed by atoms with Crippen molar-refractivity contribution in [3.8, 4) is 0 Å². The molecule has 0 radical (unpaired) electrons. The van der Waals surface area contributed by atoms with E-state index in [-0.39, 0.29) is 20.0 Å². The van der Waals surface area contributed by atoms with Crippen molar-refractivity contribution in [2.24, 2.45) is 11.5 Å². The maximum absolute atomic E-state index is 10.4. The molecule has 0 bridgehead atoms. The third kappa shape index (κ3) is 18.0. The van der Waals surface area contributed by atoms with Gasteiger partial charge in [0.15, 0.2) is 0 Å². The standard InChI is InChI=1S/2C7H8O3S.2CH4N2S/c2*1-6-2-4-7(5-3-6)11(8,9)10;2*2-1(3)4/h2*2-5H,1H3,(H,8,9,10);2*(H4,2,3,4). The maximum atomic E-state index is 10.4. The van der Waals surface area contributed by atoms with E-state index in [2.05, 4.69) is 35.9 Å². The Labute approximate surface area is 186 Å². The molecular formula is C16H24N4O6S4. The fourth-order valence-electron chi connectivity index (χ4n) is 1.41. The fourth-order valence-corrected chi connectivity index (χ4v) is 2.35. The molecule has 0 amide bonds. The number of hydrogen-bond donors (Lipinski definition) is 4. The van der Waals surface area contributed by atoms with E-state index in [4.69, 9.17) is 11.5 Å². The van der Waals surface area contributed by atoms with Gasteiger partial charge in [-0.2, -0.15) is 0 Å². The number of benzene rings is 2. The molecule has 0 unspecified atom stereocenters. The van der Waals surface area contributed by atoms with Crippen molar-refractivity contribution < 1.29 is 37.4 Å². The van der Waals surface area contributed by atoms with Gasteiger partial charge in [0.2, 0.25) is 0 Å². The molecule has 0 aliphatic rings. The molecule has 0 fully saturated rings. The van der Waals surface area contributed by atoms with Gasteiger partial charge >= 0.3 is 0 Å². The predicted molar refractivity (Wildman–Crippen MR) is 118 cm³/mol. The molecule has 10 nitrogen and oxygen atoms in total. The molecule has 0 aliphatic carbocycles. The van der Waals surface area contributed by atoms with Gasteiger partial charge in [-0.25, -0.2) is 16.8 Å². The quantitative estimate of drug-likeness (QED) is 0.285. The SMILES string of the molecule is Cc1ccc(S(=O)(=O)[O-])cc1.Cc1ccc(S(=O)(=O)[O-])cc1.NC([NH3+])=S.NC([NH3+])=S. The van der Waals surface area contributed by atoms with Crippen molar-refractivity contribution >= 4 is 54.9 Å². The van der Waals surface area contributed by atoms with Crippen molar-refractivity contribution in [1.82, 2.24) is 0 Å². The van der Waals surface area contributed by atoms with Crippen LogP contribution >= 0.6 is 24.4 Å². The molecule has 0 atom stereocenters. The zero-order valence-electron chi connectivity index (χ0n) is 16.3. The molecule has 2 aromatic rings. The van der Waals surface area contributed by atoms with Crippen molar-refractivity contribution in [2.45, 2.75) is 23.6 Å². The van der Waals surface area contributed by atoms with Crippen molar-refractivity contribution in [3.05, 3.63) is 59.7 Å². The highest BCUT2D eigenvalue weighted by molar-refractivity contribution is 7.86. The van der Waals surface area contributed by atoms with Crippen LogP contribution in [0.25, 0.3) is 0 Å². The molecule has 2 rings (SSSR count). The van der Waals surface area contributed by atoms with Gasteiger partial charge in [0.1, 0.15) is 20.2 Å². The van der Waals surface area contributed by atoms with Gasteiger partial charge < -0.3 is 32.0 Å². The van der Waals surface area contributed by atoms with Crippen LogP contribution in [0, 0.1) is 13.8 Å². The Bertz CT molecular complexity index is 929. The fraction of sp³-hybridized carbons (Fsp3) is 0.125. The lowest BCUT2D eigenvalue weighted by Gasteiger charge is -2.05. The van der Waals surface area contributed by atoms with E-state index < -0.39 is 20.2 Å². The van der Waals surface area contributed by atoms with E-state index in [9.17, 15) is 25.9 Å². The van der Waals surface area contributed by atoms with E-state index in [1.54, 1.807) is 24.3 Å². The molecule has 168 valence electrons. The molecule has 0 saturated heterocycles. The van der Waals surface area contributed by atoms with Gasteiger partial charge in [-0.15, -0.1) is 0 Å². The minimum absolute atomic E-state index is 0.178. The highest BCUT2D eigenvalue weighted by Gasteiger charge is 1.98. The van der Waals surface area contributed by atoms with Crippen LogP contribution in [0.1, 0.15) is 11.1 Å². The number of hydrogen-bond acceptors (Lipinski definition) is 8. The van der Waals surface area contributed by atoms with Crippen molar-refractivity contribution in [3.63, 3.8) is 0 Å². The number of nitrogens with two attached hydrogens (primary N) is 2. The highest BCUT2D eigenvalue weighted by atomic mass is 32.2. The van der Waals surface area contributed by atoms with Crippen LogP contribution in [0.3, 0.4) is 0 Å². The monoisotopic (exact) mass is 496 g/mol. The van der Waals surface area contributed by atoms with Crippen LogP contribution in [0.2, 0.25) is 0 Å². The van der Waals surface area contributed by atoms with Crippen LogP contribution in [-0.2, 0) is 20.2 Å². The summed E-state index contributed by atoms with van der Waals surface area (Å²) in [5.41, 5.74) is 17.6. The lowest BCUT2D eigenvalue weighted by atomic mass is 10.2. The number of rotatable bonds is 2. The summed E-state index contributed by atoms with van der Waals surface area (Å²) in [7, 11) is -8.54. The first-order valence-corrected chi connectivity index (χ1v) is 11.4. The Kier molecular flexibility index (Phi) is 14.1. The molecule has 0 heterocycles. The summed E-state index contributed by atoms with van der Waals surface area (Å²) in [5, 5.41) is 0.500. The lowest BCUT2D eigenvalue weighted by molar-refractivity contribution is -0.211. The van der Waals surface area contributed by atoms with Gasteiger partial charge in [0.25, 0.3) is 10.2 Å². The van der Waals surface area contributed by atoms with Crippen LogP contribution in [0.4, 0.5) is 0 Å².